The number of aromatic nitrogens is 1. The Labute approximate surface area is 110 Å². The van der Waals surface area contributed by atoms with E-state index in [9.17, 15) is 0 Å². The van der Waals surface area contributed by atoms with Gasteiger partial charge in [-0.05, 0) is 34.3 Å². The topological polar surface area (TPSA) is 50.9 Å². The first-order chi connectivity index (χ1) is 7.49. The van der Waals surface area contributed by atoms with Crippen LogP contribution in [0.1, 0.15) is 20.3 Å². The van der Waals surface area contributed by atoms with E-state index in [1.165, 1.54) is 0 Å². The molecule has 0 aliphatic heterocycles. The molecule has 0 aliphatic rings. The number of nitrogens with two attached hydrogens (primary N) is 1. The molecule has 0 amide bonds. The van der Waals surface area contributed by atoms with Crippen LogP contribution in [0.3, 0.4) is 0 Å². The molecule has 0 aliphatic carbocycles. The van der Waals surface area contributed by atoms with Crippen molar-refractivity contribution in [1.29, 1.82) is 0 Å². The van der Waals surface area contributed by atoms with E-state index in [4.69, 9.17) is 17.3 Å². The van der Waals surface area contributed by atoms with Crippen LogP contribution < -0.4 is 11.1 Å². The van der Waals surface area contributed by atoms with E-state index < -0.39 is 0 Å². The third-order valence-electron chi connectivity index (χ3n) is 2.11. The van der Waals surface area contributed by atoms with Gasteiger partial charge in [0, 0.05) is 23.3 Å². The maximum Gasteiger partial charge on any atom is 0.144 e. The largest absolute Gasteiger partial charge is 0.367 e. The van der Waals surface area contributed by atoms with Crippen LogP contribution in [0.4, 0.5) is 5.82 Å². The summed E-state index contributed by atoms with van der Waals surface area (Å²) < 4.78 is 0.870. The number of halogens is 2. The Morgan fingerprint density at radius 3 is 2.81 bits per heavy atom. The Morgan fingerprint density at radius 1 is 1.56 bits per heavy atom. The molecular weight excluding hydrogens is 289 g/mol. The molecule has 1 heterocycles. The smallest absolute Gasteiger partial charge is 0.144 e. The number of anilines is 1. The summed E-state index contributed by atoms with van der Waals surface area (Å²) in [6.07, 6.45) is 2.70. The van der Waals surface area contributed by atoms with Crippen molar-refractivity contribution in [2.75, 3.05) is 11.9 Å². The van der Waals surface area contributed by atoms with Crippen LogP contribution in [-0.4, -0.2) is 17.6 Å². The monoisotopic (exact) mass is 305 g/mol. The van der Waals surface area contributed by atoms with Crippen LogP contribution in [-0.2, 0) is 0 Å². The van der Waals surface area contributed by atoms with Gasteiger partial charge in [-0.3, -0.25) is 0 Å². The van der Waals surface area contributed by atoms with Crippen LogP contribution >= 0.6 is 27.5 Å². The number of hydrogen-bond donors (Lipinski definition) is 2. The maximum atomic E-state index is 6.02. The Balaban J connectivity index is 2.48. The molecule has 0 bridgehead atoms. The van der Waals surface area contributed by atoms with E-state index >= 15 is 0 Å². The average Bonchev–Trinajstić information content (AvgIpc) is 2.15. The summed E-state index contributed by atoms with van der Waals surface area (Å²) in [5.41, 5.74) is 5.96. The van der Waals surface area contributed by atoms with Gasteiger partial charge in [-0.15, -0.1) is 0 Å². The summed E-state index contributed by atoms with van der Waals surface area (Å²) in [4.78, 5) is 4.18. The standard InChI is InChI=1S/C11H17BrClN3/c1-7(2)3-9(14)6-16-11-10(13)4-8(12)5-15-11/h4-5,7,9H,3,6,14H2,1-2H3,(H,15,16). The van der Waals surface area contributed by atoms with Gasteiger partial charge in [-0.25, -0.2) is 4.98 Å². The minimum Gasteiger partial charge on any atom is -0.367 e. The third-order valence-corrected chi connectivity index (χ3v) is 2.84. The van der Waals surface area contributed by atoms with Gasteiger partial charge in [0.05, 0.1) is 5.02 Å². The zero-order valence-corrected chi connectivity index (χ0v) is 11.8. The lowest BCUT2D eigenvalue weighted by Crippen LogP contribution is -2.30. The summed E-state index contributed by atoms with van der Waals surface area (Å²) in [7, 11) is 0. The van der Waals surface area contributed by atoms with E-state index in [2.05, 4.69) is 40.1 Å². The highest BCUT2D eigenvalue weighted by molar-refractivity contribution is 9.10. The Hall–Kier alpha value is -0.320. The van der Waals surface area contributed by atoms with E-state index in [-0.39, 0.29) is 6.04 Å². The van der Waals surface area contributed by atoms with Crippen molar-refractivity contribution in [1.82, 2.24) is 4.98 Å². The number of nitrogens with one attached hydrogen (secondary N) is 1. The van der Waals surface area contributed by atoms with Gasteiger partial charge in [0.15, 0.2) is 0 Å². The Kier molecular flexibility index (Phi) is 5.52. The number of rotatable bonds is 5. The fraction of sp³-hybridized carbons (Fsp3) is 0.545. The van der Waals surface area contributed by atoms with Gasteiger partial charge in [0.1, 0.15) is 5.82 Å². The van der Waals surface area contributed by atoms with Crippen molar-refractivity contribution >= 4 is 33.3 Å². The molecule has 3 nitrogen and oxygen atoms in total. The number of nitrogens with zero attached hydrogens (tertiary/aromatic N) is 1. The van der Waals surface area contributed by atoms with Gasteiger partial charge in [-0.1, -0.05) is 25.4 Å². The quantitative estimate of drug-likeness (QED) is 0.877. The van der Waals surface area contributed by atoms with E-state index in [0.717, 1.165) is 10.9 Å². The normalized spacial score (nSPS) is 12.9. The molecule has 1 rings (SSSR count). The lowest BCUT2D eigenvalue weighted by atomic mass is 10.0. The minimum absolute atomic E-state index is 0.126. The molecule has 1 unspecified atom stereocenters. The fourth-order valence-corrected chi connectivity index (χ4v) is 2.16. The summed E-state index contributed by atoms with van der Waals surface area (Å²) in [6.45, 7) is 5.00. The molecule has 1 atom stereocenters. The molecule has 1 aromatic rings. The molecule has 0 saturated heterocycles. The van der Waals surface area contributed by atoms with Crippen molar-refractivity contribution in [3.05, 3.63) is 21.8 Å². The van der Waals surface area contributed by atoms with Gasteiger partial charge < -0.3 is 11.1 Å². The molecule has 5 heteroatoms. The van der Waals surface area contributed by atoms with Crippen molar-refractivity contribution in [2.24, 2.45) is 11.7 Å². The van der Waals surface area contributed by atoms with Gasteiger partial charge in [-0.2, -0.15) is 0 Å². The first-order valence-corrected chi connectivity index (χ1v) is 6.46. The zero-order valence-electron chi connectivity index (χ0n) is 9.50. The molecule has 90 valence electrons. The Morgan fingerprint density at radius 2 is 2.25 bits per heavy atom. The highest BCUT2D eigenvalue weighted by Gasteiger charge is 2.07. The average molecular weight is 307 g/mol. The maximum absolute atomic E-state index is 6.02. The molecule has 0 saturated carbocycles. The summed E-state index contributed by atoms with van der Waals surface area (Å²) >= 11 is 9.33. The molecule has 1 aromatic heterocycles. The van der Waals surface area contributed by atoms with Crippen LogP contribution in [0.5, 0.6) is 0 Å². The van der Waals surface area contributed by atoms with Crippen LogP contribution in [0.2, 0.25) is 5.02 Å². The van der Waals surface area contributed by atoms with Crippen molar-refractivity contribution in [3.63, 3.8) is 0 Å². The van der Waals surface area contributed by atoms with E-state index in [0.29, 0.717) is 23.3 Å². The van der Waals surface area contributed by atoms with Crippen molar-refractivity contribution in [3.8, 4) is 0 Å². The fourth-order valence-electron chi connectivity index (χ4n) is 1.46. The van der Waals surface area contributed by atoms with E-state index in [1.807, 2.05) is 6.07 Å². The molecule has 3 N–H and O–H groups in total. The molecule has 0 radical (unpaired) electrons. The van der Waals surface area contributed by atoms with Crippen LogP contribution in [0.15, 0.2) is 16.7 Å². The highest BCUT2D eigenvalue weighted by Crippen LogP contribution is 2.22. The second-order valence-electron chi connectivity index (χ2n) is 4.25. The van der Waals surface area contributed by atoms with Gasteiger partial charge in [0.25, 0.3) is 0 Å². The zero-order chi connectivity index (χ0) is 12.1. The predicted octanol–water partition coefficient (Wildman–Crippen LogP) is 3.28. The summed E-state index contributed by atoms with van der Waals surface area (Å²) in [5, 5.41) is 3.76. The van der Waals surface area contributed by atoms with E-state index in [1.54, 1.807) is 6.20 Å². The van der Waals surface area contributed by atoms with Crippen LogP contribution in [0.25, 0.3) is 0 Å². The Bertz CT molecular complexity index is 344. The molecule has 16 heavy (non-hydrogen) atoms. The lowest BCUT2D eigenvalue weighted by molar-refractivity contribution is 0.508. The van der Waals surface area contributed by atoms with Gasteiger partial charge >= 0.3 is 0 Å². The second kappa shape index (κ2) is 6.42. The highest BCUT2D eigenvalue weighted by atomic mass is 79.9. The minimum atomic E-state index is 0.126. The summed E-state index contributed by atoms with van der Waals surface area (Å²) in [6, 6.07) is 1.94. The summed E-state index contributed by atoms with van der Waals surface area (Å²) in [5.74, 6) is 1.29. The molecule has 0 spiro atoms. The molecular formula is C11H17BrClN3. The van der Waals surface area contributed by atoms with Crippen molar-refractivity contribution < 1.29 is 0 Å². The van der Waals surface area contributed by atoms with Gasteiger partial charge in [0.2, 0.25) is 0 Å². The molecule has 0 aromatic carbocycles. The second-order valence-corrected chi connectivity index (χ2v) is 5.58. The van der Waals surface area contributed by atoms with Crippen LogP contribution in [0, 0.1) is 5.92 Å². The third kappa shape index (κ3) is 4.68. The number of pyridine rings is 1. The number of hydrogen-bond acceptors (Lipinski definition) is 3. The lowest BCUT2D eigenvalue weighted by Gasteiger charge is -2.15. The SMILES string of the molecule is CC(C)CC(N)CNc1ncc(Br)cc1Cl. The van der Waals surface area contributed by atoms with Crippen molar-refractivity contribution in [2.45, 2.75) is 26.3 Å². The first kappa shape index (κ1) is 13.7. The first-order valence-electron chi connectivity index (χ1n) is 5.29. The molecule has 0 fully saturated rings. The predicted molar refractivity (Wildman–Crippen MR) is 72.9 cm³/mol.